The van der Waals surface area contributed by atoms with E-state index in [0.29, 0.717) is 6.42 Å². The highest BCUT2D eigenvalue weighted by Gasteiger charge is 2.41. The molecule has 1 nitrogen and oxygen atoms in total. The summed E-state index contributed by atoms with van der Waals surface area (Å²) >= 11 is 2.67. The molecule has 5 heteroatoms. The molecule has 0 unspecified atom stereocenters. The van der Waals surface area contributed by atoms with Crippen molar-refractivity contribution in [3.63, 3.8) is 0 Å². The number of hydrogen-bond acceptors (Lipinski definition) is 1. The van der Waals surface area contributed by atoms with E-state index in [4.69, 9.17) is 0 Å². The van der Waals surface area contributed by atoms with Gasteiger partial charge in [0.25, 0.3) is 0 Å². The molecule has 0 heterocycles. The van der Waals surface area contributed by atoms with Gasteiger partial charge in [0.05, 0.1) is 4.83 Å². The summed E-state index contributed by atoms with van der Waals surface area (Å²) in [4.78, 5) is 9.31. The van der Waals surface area contributed by atoms with Crippen molar-refractivity contribution in [3.8, 4) is 0 Å². The maximum absolute atomic E-state index is 11.6. The van der Waals surface area contributed by atoms with E-state index in [-0.39, 0.29) is 6.42 Å². The molecule has 0 aliphatic heterocycles. The van der Waals surface area contributed by atoms with Gasteiger partial charge in [0.1, 0.15) is 0 Å². The molecule has 0 fully saturated rings. The third-order valence-corrected chi connectivity index (χ3v) is 1.98. The summed E-state index contributed by atoms with van der Waals surface area (Å²) in [5.41, 5.74) is 0. The molecule has 0 radical (unpaired) electrons. The second kappa shape index (κ2) is 4.09. The minimum Gasteiger partial charge on any atom is -0.288 e. The molecule has 0 aromatic heterocycles. The Morgan fingerprint density at radius 1 is 1.55 bits per heavy atom. The fourth-order valence-corrected chi connectivity index (χ4v) is 1.28. The number of hydrogen-bond donors (Lipinski definition) is 0. The van der Waals surface area contributed by atoms with Gasteiger partial charge >= 0.3 is 6.18 Å². The Labute approximate surface area is 71.1 Å². The van der Waals surface area contributed by atoms with E-state index in [0.717, 1.165) is 0 Å². The van der Waals surface area contributed by atoms with Crippen molar-refractivity contribution in [2.24, 2.45) is 0 Å². The zero-order valence-corrected chi connectivity index (χ0v) is 7.50. The predicted molar refractivity (Wildman–Crippen MR) is 38.7 cm³/mol. The SMILES string of the molecule is CCC[C@H](Br)C(=O)C(F)(F)F. The standard InChI is InChI=1S/C6H8BrF3O/c1-2-3-4(7)5(11)6(8,9)10/h4H,2-3H2,1H3/t4-/m0/s1. The van der Waals surface area contributed by atoms with Crippen LogP contribution in [0.3, 0.4) is 0 Å². The lowest BCUT2D eigenvalue weighted by Gasteiger charge is -2.09. The molecule has 0 amide bonds. The quantitative estimate of drug-likeness (QED) is 0.685. The molecule has 0 aliphatic rings. The van der Waals surface area contributed by atoms with Crippen LogP contribution in [-0.2, 0) is 4.79 Å². The molecule has 0 rings (SSSR count). The minimum atomic E-state index is -4.71. The molecular formula is C6H8BrF3O. The smallest absolute Gasteiger partial charge is 0.288 e. The molecular weight excluding hydrogens is 225 g/mol. The molecule has 1 atom stereocenters. The lowest BCUT2D eigenvalue weighted by Crippen LogP contribution is -2.30. The van der Waals surface area contributed by atoms with E-state index in [1.807, 2.05) is 0 Å². The second-order valence-corrected chi connectivity index (χ2v) is 3.22. The average Bonchev–Trinajstić information content (AvgIpc) is 1.85. The Kier molecular flexibility index (Phi) is 4.07. The zero-order chi connectivity index (χ0) is 9.07. The highest BCUT2D eigenvalue weighted by molar-refractivity contribution is 9.10. The predicted octanol–water partition coefficient (Wildman–Crippen LogP) is 2.68. The lowest BCUT2D eigenvalue weighted by atomic mass is 10.2. The van der Waals surface area contributed by atoms with E-state index in [9.17, 15) is 18.0 Å². The maximum atomic E-state index is 11.6. The van der Waals surface area contributed by atoms with Crippen LogP contribution in [0.25, 0.3) is 0 Å². The van der Waals surface area contributed by atoms with Gasteiger partial charge in [-0.05, 0) is 6.42 Å². The molecule has 0 aromatic rings. The molecule has 0 bridgehead atoms. The lowest BCUT2D eigenvalue weighted by molar-refractivity contribution is -0.170. The molecule has 0 aliphatic carbocycles. The van der Waals surface area contributed by atoms with Crippen LogP contribution < -0.4 is 0 Å². The third-order valence-electron chi connectivity index (χ3n) is 1.11. The van der Waals surface area contributed by atoms with Crippen molar-refractivity contribution in [1.82, 2.24) is 0 Å². The largest absolute Gasteiger partial charge is 0.451 e. The first-order chi connectivity index (χ1) is 4.89. The number of alkyl halides is 4. The number of ketones is 1. The van der Waals surface area contributed by atoms with Crippen molar-refractivity contribution >= 4 is 21.7 Å². The monoisotopic (exact) mass is 232 g/mol. The summed E-state index contributed by atoms with van der Waals surface area (Å²) < 4.78 is 34.9. The van der Waals surface area contributed by atoms with E-state index < -0.39 is 16.8 Å². The highest BCUT2D eigenvalue weighted by Crippen LogP contribution is 2.23. The van der Waals surface area contributed by atoms with Crippen molar-refractivity contribution in [2.45, 2.75) is 30.8 Å². The number of rotatable bonds is 3. The normalized spacial score (nSPS) is 14.6. The van der Waals surface area contributed by atoms with Gasteiger partial charge in [-0.3, -0.25) is 4.79 Å². The van der Waals surface area contributed by atoms with Crippen LogP contribution >= 0.6 is 15.9 Å². The molecule has 66 valence electrons. The summed E-state index contributed by atoms with van der Waals surface area (Å²) in [6, 6.07) is 0. The third kappa shape index (κ3) is 3.74. The molecule has 11 heavy (non-hydrogen) atoms. The molecule has 0 N–H and O–H groups in total. The van der Waals surface area contributed by atoms with E-state index in [1.54, 1.807) is 6.92 Å². The number of carbonyl (C=O) groups excluding carboxylic acids is 1. The summed E-state index contributed by atoms with van der Waals surface area (Å²) in [6.07, 6.45) is -3.93. The zero-order valence-electron chi connectivity index (χ0n) is 5.91. The first kappa shape index (κ1) is 10.9. The van der Waals surface area contributed by atoms with Gasteiger partial charge in [-0.2, -0.15) is 13.2 Å². The Balaban J connectivity index is 4.03. The molecule has 0 spiro atoms. The Hall–Kier alpha value is -0.0600. The van der Waals surface area contributed by atoms with Gasteiger partial charge in [-0.25, -0.2) is 0 Å². The Bertz CT molecular complexity index is 143. The van der Waals surface area contributed by atoms with Crippen LogP contribution in [-0.4, -0.2) is 16.8 Å². The van der Waals surface area contributed by atoms with Crippen molar-refractivity contribution < 1.29 is 18.0 Å². The summed E-state index contributed by atoms with van der Waals surface area (Å²) in [7, 11) is 0. The Morgan fingerprint density at radius 2 is 2.00 bits per heavy atom. The van der Waals surface area contributed by atoms with Crippen LogP contribution in [0.4, 0.5) is 13.2 Å². The first-order valence-corrected chi connectivity index (χ1v) is 4.06. The average molecular weight is 233 g/mol. The summed E-state index contributed by atoms with van der Waals surface area (Å²) in [5.74, 6) is -1.70. The van der Waals surface area contributed by atoms with Gasteiger partial charge in [-0.1, -0.05) is 29.3 Å². The topological polar surface area (TPSA) is 17.1 Å². The van der Waals surface area contributed by atoms with Gasteiger partial charge in [0.15, 0.2) is 0 Å². The van der Waals surface area contributed by atoms with Crippen LogP contribution in [0.15, 0.2) is 0 Å². The first-order valence-electron chi connectivity index (χ1n) is 3.14. The summed E-state index contributed by atoms with van der Waals surface area (Å²) in [6.45, 7) is 1.72. The fourth-order valence-electron chi connectivity index (χ4n) is 0.562. The maximum Gasteiger partial charge on any atom is 0.451 e. The molecule has 0 saturated heterocycles. The van der Waals surface area contributed by atoms with Crippen molar-refractivity contribution in [3.05, 3.63) is 0 Å². The minimum absolute atomic E-state index is 0.221. The van der Waals surface area contributed by atoms with E-state index in [1.165, 1.54) is 0 Å². The van der Waals surface area contributed by atoms with E-state index in [2.05, 4.69) is 15.9 Å². The van der Waals surface area contributed by atoms with Crippen molar-refractivity contribution in [2.75, 3.05) is 0 Å². The summed E-state index contributed by atoms with van der Waals surface area (Å²) in [5, 5.41) is 0. The van der Waals surface area contributed by atoms with Crippen LogP contribution in [0.2, 0.25) is 0 Å². The number of Topliss-reactive ketones (excluding diaryl/α,β-unsaturated/α-hetero) is 1. The van der Waals surface area contributed by atoms with Crippen molar-refractivity contribution in [1.29, 1.82) is 0 Å². The fraction of sp³-hybridized carbons (Fsp3) is 0.833. The second-order valence-electron chi connectivity index (χ2n) is 2.12. The van der Waals surface area contributed by atoms with Gasteiger partial charge in [-0.15, -0.1) is 0 Å². The van der Waals surface area contributed by atoms with Gasteiger partial charge in [0, 0.05) is 0 Å². The number of halogens is 4. The van der Waals surface area contributed by atoms with E-state index >= 15 is 0 Å². The molecule has 0 aromatic carbocycles. The van der Waals surface area contributed by atoms with Crippen LogP contribution in [0.1, 0.15) is 19.8 Å². The van der Waals surface area contributed by atoms with Gasteiger partial charge in [0.2, 0.25) is 5.78 Å². The van der Waals surface area contributed by atoms with Crippen LogP contribution in [0.5, 0.6) is 0 Å². The number of carbonyl (C=O) groups is 1. The van der Waals surface area contributed by atoms with Gasteiger partial charge < -0.3 is 0 Å². The highest BCUT2D eigenvalue weighted by atomic mass is 79.9. The molecule has 0 saturated carbocycles. The Morgan fingerprint density at radius 3 is 2.27 bits per heavy atom. The van der Waals surface area contributed by atoms with Crippen LogP contribution in [0, 0.1) is 0 Å².